The van der Waals surface area contributed by atoms with Gasteiger partial charge in [0.05, 0.1) is 23.7 Å². The number of aryl methyl sites for hydroxylation is 1. The summed E-state index contributed by atoms with van der Waals surface area (Å²) in [5.74, 6) is -0.419. The fourth-order valence-corrected chi connectivity index (χ4v) is 3.65. The first-order chi connectivity index (χ1) is 14.3. The van der Waals surface area contributed by atoms with Gasteiger partial charge in [0.2, 0.25) is 5.95 Å². The number of anilines is 1. The van der Waals surface area contributed by atoms with Crippen LogP contribution in [0, 0.1) is 5.82 Å². The third-order valence-corrected chi connectivity index (χ3v) is 5.68. The number of imidazole rings is 1. The van der Waals surface area contributed by atoms with Gasteiger partial charge in [0.1, 0.15) is 37.2 Å². The third-order valence-electron chi connectivity index (χ3n) is 5.68. The molecule has 0 aliphatic rings. The molecule has 0 saturated heterocycles. The van der Waals surface area contributed by atoms with Crippen molar-refractivity contribution in [3.8, 4) is 11.3 Å². The van der Waals surface area contributed by atoms with Crippen LogP contribution in [0.4, 0.5) is 10.3 Å². The van der Waals surface area contributed by atoms with Crippen molar-refractivity contribution < 1.29 is 9.18 Å². The number of carbonyl (C=O) groups excluding carboxylic acids is 1. The summed E-state index contributed by atoms with van der Waals surface area (Å²) < 4.78 is 16.2. The van der Waals surface area contributed by atoms with Crippen LogP contribution in [-0.2, 0) is 7.05 Å². The van der Waals surface area contributed by atoms with Crippen molar-refractivity contribution in [3.05, 3.63) is 48.3 Å². The second-order valence-electron chi connectivity index (χ2n) is 7.50. The number of fused-ring (bicyclic) bond motifs is 1. The van der Waals surface area contributed by atoms with Gasteiger partial charge < -0.3 is 4.57 Å². The van der Waals surface area contributed by atoms with Gasteiger partial charge in [0.15, 0.2) is 0 Å². The third kappa shape index (κ3) is 3.30. The van der Waals surface area contributed by atoms with Gasteiger partial charge >= 0.3 is 0 Å². The fraction of sp³-hybridized carbons (Fsp3) is 0.0526. The summed E-state index contributed by atoms with van der Waals surface area (Å²) >= 11 is 0. The molecule has 30 heavy (non-hydrogen) atoms. The first-order valence-corrected chi connectivity index (χ1v) is 9.58. The van der Waals surface area contributed by atoms with Crippen LogP contribution in [0.3, 0.4) is 0 Å². The van der Waals surface area contributed by atoms with Gasteiger partial charge in [0.25, 0.3) is 5.91 Å². The zero-order valence-electron chi connectivity index (χ0n) is 17.5. The number of benzene rings is 2. The zero-order valence-corrected chi connectivity index (χ0v) is 17.5. The Morgan fingerprint density at radius 3 is 2.40 bits per heavy atom. The summed E-state index contributed by atoms with van der Waals surface area (Å²) in [7, 11) is 8.79. The Hall–Kier alpha value is -3.35. The SMILES string of the molecule is Bc1c(B)c(C(=O)Nc2ncc3ccc(-c4cncn4C)cc3n2)c(B)c(B)c1F. The normalized spacial score (nSPS) is 11.0. The maximum absolute atomic E-state index is 14.3. The number of nitrogens with zero attached hydrogens (tertiary/aromatic N) is 4. The second-order valence-corrected chi connectivity index (χ2v) is 7.50. The summed E-state index contributed by atoms with van der Waals surface area (Å²) in [6.07, 6.45) is 5.20. The van der Waals surface area contributed by atoms with Crippen molar-refractivity contribution in [2.75, 3.05) is 5.32 Å². The maximum Gasteiger partial charge on any atom is 0.256 e. The zero-order chi connectivity index (χ0) is 21.6. The van der Waals surface area contributed by atoms with Crippen LogP contribution < -0.4 is 27.2 Å². The van der Waals surface area contributed by atoms with Crippen molar-refractivity contribution in [2.24, 2.45) is 7.05 Å². The minimum Gasteiger partial charge on any atom is -0.334 e. The highest BCUT2D eigenvalue weighted by molar-refractivity contribution is 6.59. The molecular weight excluding hydrogens is 376 g/mol. The van der Waals surface area contributed by atoms with Crippen molar-refractivity contribution in [2.45, 2.75) is 0 Å². The molecule has 4 rings (SSSR count). The second kappa shape index (κ2) is 7.48. The lowest BCUT2D eigenvalue weighted by atomic mass is 9.66. The first-order valence-electron chi connectivity index (χ1n) is 9.58. The molecule has 2 aromatic carbocycles. The molecule has 1 N–H and O–H groups in total. The highest BCUT2D eigenvalue weighted by atomic mass is 19.1. The van der Waals surface area contributed by atoms with Crippen LogP contribution in [0.2, 0.25) is 0 Å². The molecule has 0 aliphatic heterocycles. The van der Waals surface area contributed by atoms with E-state index in [1.807, 2.05) is 29.8 Å². The molecule has 0 spiro atoms. The number of rotatable bonds is 3. The van der Waals surface area contributed by atoms with Gasteiger partial charge in [-0.1, -0.05) is 34.0 Å². The molecule has 2 heterocycles. The lowest BCUT2D eigenvalue weighted by Gasteiger charge is -2.17. The molecule has 0 atom stereocenters. The van der Waals surface area contributed by atoms with E-state index in [0.29, 0.717) is 32.9 Å². The molecule has 0 radical (unpaired) electrons. The van der Waals surface area contributed by atoms with Gasteiger partial charge in [-0.3, -0.25) is 10.1 Å². The van der Waals surface area contributed by atoms with Crippen molar-refractivity contribution in [3.63, 3.8) is 0 Å². The number of nitrogens with one attached hydrogen (secondary N) is 1. The topological polar surface area (TPSA) is 72.7 Å². The number of amides is 1. The van der Waals surface area contributed by atoms with Crippen LogP contribution in [0.15, 0.2) is 36.9 Å². The van der Waals surface area contributed by atoms with E-state index in [2.05, 4.69) is 20.3 Å². The van der Waals surface area contributed by atoms with E-state index in [0.717, 1.165) is 16.6 Å². The lowest BCUT2D eigenvalue weighted by molar-refractivity contribution is 0.102. The maximum atomic E-state index is 14.3. The molecule has 1 amide bonds. The Bertz CT molecular complexity index is 1300. The van der Waals surface area contributed by atoms with Crippen LogP contribution >= 0.6 is 0 Å². The van der Waals surface area contributed by atoms with E-state index >= 15 is 0 Å². The molecule has 4 aromatic rings. The Kier molecular flexibility index (Phi) is 4.97. The number of halogens is 1. The molecular formula is C19H18B4FN5O. The Morgan fingerprint density at radius 1 is 1.07 bits per heavy atom. The summed E-state index contributed by atoms with van der Waals surface area (Å²) in [6, 6.07) is 5.86. The van der Waals surface area contributed by atoms with Gasteiger partial charge in [-0.05, 0) is 6.07 Å². The smallest absolute Gasteiger partial charge is 0.256 e. The molecule has 144 valence electrons. The summed E-state index contributed by atoms with van der Waals surface area (Å²) in [4.78, 5) is 25.9. The van der Waals surface area contributed by atoms with E-state index in [4.69, 9.17) is 0 Å². The van der Waals surface area contributed by atoms with Gasteiger partial charge in [0, 0.05) is 29.8 Å². The average molecular weight is 395 g/mol. The van der Waals surface area contributed by atoms with Crippen LogP contribution in [0.25, 0.3) is 22.2 Å². The largest absolute Gasteiger partial charge is 0.334 e. The Balaban J connectivity index is 1.71. The highest BCUT2D eigenvalue weighted by Crippen LogP contribution is 2.23. The Labute approximate surface area is 177 Å². The number of carbonyl (C=O) groups is 1. The monoisotopic (exact) mass is 395 g/mol. The van der Waals surface area contributed by atoms with Crippen LogP contribution in [0.1, 0.15) is 10.4 Å². The molecule has 2 aromatic heterocycles. The van der Waals surface area contributed by atoms with Crippen LogP contribution in [-0.4, -0.2) is 56.8 Å². The van der Waals surface area contributed by atoms with Gasteiger partial charge in [-0.2, -0.15) is 0 Å². The van der Waals surface area contributed by atoms with E-state index in [9.17, 15) is 9.18 Å². The fourth-order valence-electron chi connectivity index (χ4n) is 3.65. The van der Waals surface area contributed by atoms with Crippen LogP contribution in [0.5, 0.6) is 0 Å². The van der Waals surface area contributed by atoms with E-state index < -0.39 is 0 Å². The molecule has 0 bridgehead atoms. The minimum atomic E-state index is -0.349. The van der Waals surface area contributed by atoms with Gasteiger partial charge in [-0.15, -0.1) is 0 Å². The predicted octanol–water partition coefficient (Wildman–Crippen LogP) is -3.54. The van der Waals surface area contributed by atoms with Crippen molar-refractivity contribution >= 4 is 76.0 Å². The quantitative estimate of drug-likeness (QED) is 0.365. The lowest BCUT2D eigenvalue weighted by Crippen LogP contribution is -2.49. The average Bonchev–Trinajstić information content (AvgIpc) is 3.16. The first kappa shape index (κ1) is 19.9. The van der Waals surface area contributed by atoms with E-state index in [1.165, 1.54) is 0 Å². The molecule has 0 unspecified atom stereocenters. The standard InChI is InChI=1S/C19H18B4FN5O/c1-29-7-25-6-11(29)8-2-3-9-5-26-19(27-10(9)4-8)28-18(30)12-13(20)15(22)17(24)16(23)14(12)21/h2-7H,20-23H2,1H3,(H,26,27,28,30). The van der Waals surface area contributed by atoms with Crippen molar-refractivity contribution in [1.82, 2.24) is 19.5 Å². The predicted molar refractivity (Wildman–Crippen MR) is 129 cm³/mol. The molecule has 11 heteroatoms. The highest BCUT2D eigenvalue weighted by Gasteiger charge is 2.20. The van der Waals surface area contributed by atoms with Gasteiger partial charge in [-0.25, -0.2) is 19.3 Å². The minimum absolute atomic E-state index is 0.202. The van der Waals surface area contributed by atoms with E-state index in [-0.39, 0.29) is 17.7 Å². The molecule has 0 saturated carbocycles. The summed E-state index contributed by atoms with van der Waals surface area (Å²) in [5, 5.41) is 3.63. The summed E-state index contributed by atoms with van der Waals surface area (Å²) in [5.41, 5.74) is 5.28. The van der Waals surface area contributed by atoms with E-state index in [1.54, 1.807) is 50.1 Å². The molecule has 6 nitrogen and oxygen atoms in total. The molecule has 0 fully saturated rings. The number of hydrogen-bond donors (Lipinski definition) is 1. The molecule has 0 aliphatic carbocycles. The number of hydrogen-bond acceptors (Lipinski definition) is 4. The summed E-state index contributed by atoms with van der Waals surface area (Å²) in [6.45, 7) is 0. The van der Waals surface area contributed by atoms with Crippen molar-refractivity contribution in [1.29, 1.82) is 0 Å². The Morgan fingerprint density at radius 2 is 1.77 bits per heavy atom. The number of aromatic nitrogens is 4.